The lowest BCUT2D eigenvalue weighted by Gasteiger charge is -2.08. The lowest BCUT2D eigenvalue weighted by Crippen LogP contribution is -2.27. The molecule has 0 aliphatic heterocycles. The van der Waals surface area contributed by atoms with Gasteiger partial charge < -0.3 is 5.32 Å². The quantitative estimate of drug-likeness (QED) is 0.801. The van der Waals surface area contributed by atoms with Gasteiger partial charge in [-0.05, 0) is 23.8 Å². The van der Waals surface area contributed by atoms with E-state index < -0.39 is 27.8 Å². The third-order valence-electron chi connectivity index (χ3n) is 2.96. The number of alkyl halides is 3. The molecule has 1 aromatic heterocycles. The third-order valence-corrected chi connectivity index (χ3v) is 3.56. The van der Waals surface area contributed by atoms with Gasteiger partial charge >= 0.3 is 6.18 Å². The Labute approximate surface area is 141 Å². The molecule has 2 N–H and O–H groups in total. The van der Waals surface area contributed by atoms with Crippen LogP contribution in [-0.4, -0.2) is 30.4 Å². The zero-order valence-electron chi connectivity index (χ0n) is 13.0. The van der Waals surface area contributed by atoms with Crippen LogP contribution in [0.4, 0.5) is 18.9 Å². The first-order chi connectivity index (χ1) is 11.5. The van der Waals surface area contributed by atoms with Gasteiger partial charge in [0.05, 0.1) is 6.26 Å². The number of hydrogen-bond acceptors (Lipinski definition) is 4. The molecule has 0 aliphatic carbocycles. The van der Waals surface area contributed by atoms with Gasteiger partial charge in [-0.25, -0.2) is 8.42 Å². The van der Waals surface area contributed by atoms with Crippen molar-refractivity contribution < 1.29 is 26.4 Å². The highest BCUT2D eigenvalue weighted by molar-refractivity contribution is 7.92. The van der Waals surface area contributed by atoms with Gasteiger partial charge in [0.1, 0.15) is 6.54 Å². The number of carbonyl (C=O) groups is 1. The van der Waals surface area contributed by atoms with Gasteiger partial charge in [0.25, 0.3) is 0 Å². The lowest BCUT2D eigenvalue weighted by molar-refractivity contribution is -0.141. The van der Waals surface area contributed by atoms with Crippen LogP contribution in [0.3, 0.4) is 0 Å². The predicted molar refractivity (Wildman–Crippen MR) is 84.0 cm³/mol. The Morgan fingerprint density at radius 3 is 2.60 bits per heavy atom. The van der Waals surface area contributed by atoms with E-state index in [0.717, 1.165) is 23.2 Å². The molecule has 0 aliphatic rings. The van der Waals surface area contributed by atoms with Crippen molar-refractivity contribution in [2.24, 2.45) is 0 Å². The number of halogens is 3. The summed E-state index contributed by atoms with van der Waals surface area (Å²) in [7, 11) is -3.42. The maximum Gasteiger partial charge on any atom is 0.435 e. The minimum Gasteiger partial charge on any atom is -0.350 e. The monoisotopic (exact) mass is 376 g/mol. The summed E-state index contributed by atoms with van der Waals surface area (Å²) in [5, 5.41) is 5.81. The summed E-state index contributed by atoms with van der Waals surface area (Å²) in [5.74, 6) is -0.529. The van der Waals surface area contributed by atoms with Gasteiger partial charge in [-0.15, -0.1) is 0 Å². The molecule has 2 rings (SSSR count). The molecular formula is C14H15F3N4O3S. The second-order valence-electron chi connectivity index (χ2n) is 5.25. The summed E-state index contributed by atoms with van der Waals surface area (Å²) in [5.41, 5.74) is -0.102. The molecule has 11 heteroatoms. The van der Waals surface area contributed by atoms with E-state index in [4.69, 9.17) is 0 Å². The van der Waals surface area contributed by atoms with Crippen molar-refractivity contribution in [2.75, 3.05) is 11.0 Å². The van der Waals surface area contributed by atoms with Gasteiger partial charge in [0.15, 0.2) is 5.69 Å². The molecular weight excluding hydrogens is 361 g/mol. The molecule has 0 fully saturated rings. The third kappa shape index (κ3) is 6.10. The van der Waals surface area contributed by atoms with Gasteiger partial charge in [0.2, 0.25) is 15.9 Å². The smallest absolute Gasteiger partial charge is 0.350 e. The fraction of sp³-hybridized carbons (Fsp3) is 0.286. The summed E-state index contributed by atoms with van der Waals surface area (Å²) in [6.45, 7) is -0.275. The van der Waals surface area contributed by atoms with Crippen LogP contribution < -0.4 is 10.0 Å². The summed E-state index contributed by atoms with van der Waals surface area (Å²) < 4.78 is 62.9. The first-order valence-corrected chi connectivity index (χ1v) is 8.86. The molecule has 0 atom stereocenters. The number of benzene rings is 1. The number of amides is 1. The summed E-state index contributed by atoms with van der Waals surface area (Å²) in [6, 6.07) is 7.15. The van der Waals surface area contributed by atoms with Crippen molar-refractivity contribution in [2.45, 2.75) is 19.3 Å². The van der Waals surface area contributed by atoms with Gasteiger partial charge in [-0.1, -0.05) is 12.1 Å². The molecule has 25 heavy (non-hydrogen) atoms. The second-order valence-corrected chi connectivity index (χ2v) is 7.00. The van der Waals surface area contributed by atoms with E-state index in [1.54, 1.807) is 18.2 Å². The van der Waals surface area contributed by atoms with Crippen LogP contribution in [0.1, 0.15) is 11.3 Å². The highest BCUT2D eigenvalue weighted by atomic mass is 32.2. The fourth-order valence-electron chi connectivity index (χ4n) is 1.96. The Bertz CT molecular complexity index is 862. The number of sulfonamides is 1. The minimum absolute atomic E-state index is 0.0888. The first-order valence-electron chi connectivity index (χ1n) is 6.97. The topological polar surface area (TPSA) is 93.1 Å². The minimum atomic E-state index is -4.56. The lowest BCUT2D eigenvalue weighted by atomic mass is 10.2. The van der Waals surface area contributed by atoms with E-state index in [-0.39, 0.29) is 13.1 Å². The molecule has 136 valence electrons. The Balaban J connectivity index is 1.92. The van der Waals surface area contributed by atoms with Crippen molar-refractivity contribution >= 4 is 21.6 Å². The fourth-order valence-corrected chi connectivity index (χ4v) is 2.52. The Kier molecular flexibility index (Phi) is 5.36. The molecule has 7 nitrogen and oxygen atoms in total. The van der Waals surface area contributed by atoms with Crippen molar-refractivity contribution in [3.8, 4) is 0 Å². The van der Waals surface area contributed by atoms with E-state index >= 15 is 0 Å². The largest absolute Gasteiger partial charge is 0.435 e. The second kappa shape index (κ2) is 7.13. The van der Waals surface area contributed by atoms with E-state index in [1.807, 2.05) is 0 Å². The Morgan fingerprint density at radius 1 is 1.28 bits per heavy atom. The van der Waals surface area contributed by atoms with Crippen molar-refractivity contribution in [3.05, 3.63) is 47.8 Å². The molecule has 0 bridgehead atoms. The number of rotatable bonds is 6. The highest BCUT2D eigenvalue weighted by Crippen LogP contribution is 2.27. The number of nitrogens with zero attached hydrogens (tertiary/aromatic N) is 2. The summed E-state index contributed by atoms with van der Waals surface area (Å²) >= 11 is 0. The van der Waals surface area contributed by atoms with Gasteiger partial charge in [0, 0.05) is 18.4 Å². The van der Waals surface area contributed by atoms with Gasteiger partial charge in [-0.2, -0.15) is 18.3 Å². The average Bonchev–Trinajstić information content (AvgIpc) is 2.92. The van der Waals surface area contributed by atoms with Crippen molar-refractivity contribution in [1.82, 2.24) is 15.1 Å². The van der Waals surface area contributed by atoms with Crippen LogP contribution in [0, 0.1) is 0 Å². The molecule has 0 spiro atoms. The molecule has 0 saturated heterocycles. The zero-order valence-corrected chi connectivity index (χ0v) is 13.9. The van der Waals surface area contributed by atoms with Crippen LogP contribution in [0.15, 0.2) is 36.5 Å². The van der Waals surface area contributed by atoms with Crippen LogP contribution >= 0.6 is 0 Å². The van der Waals surface area contributed by atoms with E-state index in [9.17, 15) is 26.4 Å². The summed E-state index contributed by atoms with van der Waals surface area (Å²) in [6.07, 6.45) is -2.48. The van der Waals surface area contributed by atoms with Crippen LogP contribution in [-0.2, 0) is 34.1 Å². The van der Waals surface area contributed by atoms with Crippen LogP contribution in [0.2, 0.25) is 0 Å². The van der Waals surface area contributed by atoms with Crippen molar-refractivity contribution in [3.63, 3.8) is 0 Å². The molecule has 1 amide bonds. The Hall–Kier alpha value is -2.56. The SMILES string of the molecule is CS(=O)(=O)Nc1cccc(CNC(=O)Cn2ccc(C(F)(F)F)n2)c1. The molecule has 1 heterocycles. The normalized spacial score (nSPS) is 12.0. The number of carbonyl (C=O) groups excluding carboxylic acids is 1. The standard InChI is InChI=1S/C14H15F3N4O3S/c1-25(23,24)20-11-4-2-3-10(7-11)8-18-13(22)9-21-6-5-12(19-21)14(15,16)17/h2-7,20H,8-9H2,1H3,(H,18,22). The van der Waals surface area contributed by atoms with Crippen LogP contribution in [0.5, 0.6) is 0 Å². The molecule has 0 unspecified atom stereocenters. The number of nitrogens with one attached hydrogen (secondary N) is 2. The van der Waals surface area contributed by atoms with Crippen molar-refractivity contribution in [1.29, 1.82) is 0 Å². The molecule has 0 radical (unpaired) electrons. The molecule has 1 aromatic carbocycles. The average molecular weight is 376 g/mol. The maximum atomic E-state index is 12.4. The van der Waals surface area contributed by atoms with E-state index in [2.05, 4.69) is 15.1 Å². The molecule has 2 aromatic rings. The van der Waals surface area contributed by atoms with E-state index in [1.165, 1.54) is 6.07 Å². The number of anilines is 1. The zero-order chi connectivity index (χ0) is 18.7. The van der Waals surface area contributed by atoms with E-state index in [0.29, 0.717) is 11.3 Å². The predicted octanol–water partition coefficient (Wildman–Crippen LogP) is 1.59. The first kappa shape index (κ1) is 18.8. The molecule has 0 saturated carbocycles. The highest BCUT2D eigenvalue weighted by Gasteiger charge is 2.33. The van der Waals surface area contributed by atoms with Gasteiger partial charge in [-0.3, -0.25) is 14.2 Å². The number of hydrogen-bond donors (Lipinski definition) is 2. The summed E-state index contributed by atoms with van der Waals surface area (Å²) in [4.78, 5) is 11.8. The Morgan fingerprint density at radius 2 is 2.00 bits per heavy atom. The maximum absolute atomic E-state index is 12.4. The van der Waals surface area contributed by atoms with Crippen LogP contribution in [0.25, 0.3) is 0 Å². The number of aromatic nitrogens is 2.